The molecule has 0 aromatic heterocycles. The minimum Gasteiger partial charge on any atom is -0.446 e. The van der Waals surface area contributed by atoms with Crippen LogP contribution >= 0.6 is 0 Å². The van der Waals surface area contributed by atoms with Gasteiger partial charge in [0.25, 0.3) is 0 Å². The molecule has 328 valence electrons. The Hall–Kier alpha value is -3.68. The number of nitrogens with zero attached hydrogens (tertiary/aromatic N) is 2. The molecule has 58 heavy (non-hydrogen) atoms. The lowest BCUT2D eigenvalue weighted by Crippen LogP contribution is -2.60. The minimum absolute atomic E-state index is 0.109. The zero-order chi connectivity index (χ0) is 43.3. The molecule has 0 aliphatic carbocycles. The van der Waals surface area contributed by atoms with Crippen LogP contribution in [0.25, 0.3) is 0 Å². The maximum Gasteiger partial charge on any atom is 0.408 e. The molecule has 0 spiro atoms. The van der Waals surface area contributed by atoms with Crippen molar-refractivity contribution < 1.29 is 33.9 Å². The number of hydrogen-bond donors (Lipinski definition) is 5. The normalized spacial score (nSPS) is 20.2. The molecule has 2 fully saturated rings. The molecule has 4 amide bonds. The Morgan fingerprint density at radius 2 is 1.59 bits per heavy atom. The van der Waals surface area contributed by atoms with E-state index in [0.29, 0.717) is 64.6 Å². The summed E-state index contributed by atoms with van der Waals surface area (Å²) >= 11 is 0. The van der Waals surface area contributed by atoms with E-state index in [4.69, 9.17) is 9.47 Å². The number of piperidine rings is 1. The highest BCUT2D eigenvalue weighted by Gasteiger charge is 2.46. The van der Waals surface area contributed by atoms with Crippen molar-refractivity contribution in [1.29, 1.82) is 0 Å². The molecule has 2 heterocycles. The molecule has 2 aliphatic heterocycles. The Morgan fingerprint density at radius 3 is 2.19 bits per heavy atom. The van der Waals surface area contributed by atoms with Crippen LogP contribution in [0.15, 0.2) is 42.5 Å². The zero-order valence-corrected chi connectivity index (χ0v) is 37.4. The molecular formula is C45H76N6O7. The summed E-state index contributed by atoms with van der Waals surface area (Å²) in [6, 6.07) is 8.99. The first-order chi connectivity index (χ1) is 27.1. The van der Waals surface area contributed by atoms with Crippen LogP contribution in [-0.4, -0.2) is 106 Å². The van der Waals surface area contributed by atoms with Gasteiger partial charge in [0.15, 0.2) is 0 Å². The van der Waals surface area contributed by atoms with Crippen molar-refractivity contribution in [3.63, 3.8) is 0 Å². The first-order valence-electron chi connectivity index (χ1n) is 21.6. The van der Waals surface area contributed by atoms with Crippen LogP contribution in [0.2, 0.25) is 0 Å². The van der Waals surface area contributed by atoms with Gasteiger partial charge in [0.05, 0.1) is 12.0 Å². The SMILES string of the molecule is CC(C)C[C@@H](/C=C/[C@H](Cc1ccccc1)C(=O)N1CCC[C@H]1C(=O)N[C@@H](CCCCNC(=O)OC1CC(C)(C)N(O)C(C)(C)C1)CNC(C)C)NC(=O)OC(C)(C)C. The number of carbonyl (C=O) groups excluding carboxylic acids is 4. The number of benzene rings is 1. The summed E-state index contributed by atoms with van der Waals surface area (Å²) < 4.78 is 11.3. The average molecular weight is 813 g/mol. The monoisotopic (exact) mass is 813 g/mol. The molecule has 5 N–H and O–H groups in total. The number of hydrogen-bond acceptors (Lipinski definition) is 9. The van der Waals surface area contributed by atoms with E-state index in [1.165, 1.54) is 5.06 Å². The van der Waals surface area contributed by atoms with E-state index >= 15 is 0 Å². The van der Waals surface area contributed by atoms with E-state index in [1.54, 1.807) is 4.90 Å². The molecule has 2 aliphatic rings. The molecule has 0 bridgehead atoms. The number of nitrogens with one attached hydrogen (secondary N) is 4. The van der Waals surface area contributed by atoms with Crippen molar-refractivity contribution in [2.24, 2.45) is 11.8 Å². The number of rotatable bonds is 19. The molecule has 0 radical (unpaired) electrons. The van der Waals surface area contributed by atoms with Gasteiger partial charge in [0, 0.05) is 55.6 Å². The number of ether oxygens (including phenoxy) is 2. The Morgan fingerprint density at radius 1 is 0.931 bits per heavy atom. The van der Waals surface area contributed by atoms with Gasteiger partial charge >= 0.3 is 12.2 Å². The molecule has 13 heteroatoms. The smallest absolute Gasteiger partial charge is 0.408 e. The summed E-state index contributed by atoms with van der Waals surface area (Å²) in [6.07, 6.45) is 8.20. The van der Waals surface area contributed by atoms with Gasteiger partial charge in [-0.2, -0.15) is 5.06 Å². The van der Waals surface area contributed by atoms with Crippen LogP contribution < -0.4 is 21.3 Å². The molecule has 0 saturated carbocycles. The average Bonchev–Trinajstić information content (AvgIpc) is 3.60. The van der Waals surface area contributed by atoms with Gasteiger partial charge in [-0.3, -0.25) is 9.59 Å². The van der Waals surface area contributed by atoms with Crippen LogP contribution in [-0.2, 0) is 25.5 Å². The zero-order valence-electron chi connectivity index (χ0n) is 37.4. The summed E-state index contributed by atoms with van der Waals surface area (Å²) in [7, 11) is 0. The van der Waals surface area contributed by atoms with Gasteiger partial charge in [-0.05, 0) is 105 Å². The first-order valence-corrected chi connectivity index (χ1v) is 21.6. The number of likely N-dealkylation sites (tertiary alicyclic amines) is 1. The van der Waals surface area contributed by atoms with Gasteiger partial charge in [0.1, 0.15) is 17.7 Å². The number of alkyl carbamates (subject to hydrolysis) is 2. The van der Waals surface area contributed by atoms with Crippen LogP contribution in [0.1, 0.15) is 133 Å². The van der Waals surface area contributed by atoms with Crippen LogP contribution in [0, 0.1) is 11.8 Å². The Balaban J connectivity index is 1.64. The van der Waals surface area contributed by atoms with Gasteiger partial charge in [-0.15, -0.1) is 0 Å². The molecule has 1 aromatic rings. The number of amides is 4. The van der Waals surface area contributed by atoms with Gasteiger partial charge < -0.3 is 40.8 Å². The molecule has 0 unspecified atom stereocenters. The Bertz CT molecular complexity index is 1470. The third kappa shape index (κ3) is 16.5. The summed E-state index contributed by atoms with van der Waals surface area (Å²) in [5.74, 6) is -0.520. The second-order valence-electron chi connectivity index (χ2n) is 19.3. The topological polar surface area (TPSA) is 162 Å². The van der Waals surface area contributed by atoms with Crippen LogP contribution in [0.4, 0.5) is 9.59 Å². The number of hydroxylamine groups is 2. The second-order valence-corrected chi connectivity index (χ2v) is 19.3. The molecule has 2 saturated heterocycles. The molecular weight excluding hydrogens is 737 g/mol. The lowest BCUT2D eigenvalue weighted by Gasteiger charge is -2.50. The third-order valence-electron chi connectivity index (χ3n) is 10.7. The standard InChI is InChI=1S/C45H76N6O7/c1-31(2)26-35(49-42(55)58-43(5,6)7)23-22-34(27-33-18-13-12-14-19-33)40(53)50-25-17-21-38(50)39(52)48-36(30-47-32(3)4)20-15-16-24-46-41(54)57-37-28-44(8,9)51(56)45(10,11)29-37/h12-14,18-19,22-23,31-32,34-38,47,56H,15-17,20-21,24-30H2,1-11H3,(H,46,54)(H,48,52)(H,49,55)/b23-22+/t34-,35-,36+,38+/m1/s1. The second kappa shape index (κ2) is 22.1. The van der Waals surface area contributed by atoms with Crippen molar-refractivity contribution in [2.75, 3.05) is 19.6 Å². The minimum atomic E-state index is -0.639. The summed E-state index contributed by atoms with van der Waals surface area (Å²) in [4.78, 5) is 55.6. The molecule has 13 nitrogen and oxygen atoms in total. The fourth-order valence-electron chi connectivity index (χ4n) is 8.10. The van der Waals surface area contributed by atoms with Crippen LogP contribution in [0.3, 0.4) is 0 Å². The molecule has 4 atom stereocenters. The van der Waals surface area contributed by atoms with Crippen molar-refractivity contribution in [1.82, 2.24) is 31.2 Å². The maximum absolute atomic E-state index is 14.4. The van der Waals surface area contributed by atoms with Crippen molar-refractivity contribution in [3.05, 3.63) is 48.0 Å². The van der Waals surface area contributed by atoms with Crippen molar-refractivity contribution >= 4 is 24.0 Å². The van der Waals surface area contributed by atoms with Gasteiger partial charge in [-0.1, -0.05) is 70.2 Å². The highest BCUT2D eigenvalue weighted by molar-refractivity contribution is 5.90. The first kappa shape index (κ1) is 48.7. The largest absolute Gasteiger partial charge is 0.446 e. The third-order valence-corrected chi connectivity index (χ3v) is 10.7. The maximum atomic E-state index is 14.4. The highest BCUT2D eigenvalue weighted by Crippen LogP contribution is 2.38. The summed E-state index contributed by atoms with van der Waals surface area (Å²) in [5, 5.41) is 24.5. The highest BCUT2D eigenvalue weighted by atomic mass is 16.6. The lowest BCUT2D eigenvalue weighted by molar-refractivity contribution is -0.256. The van der Waals surface area contributed by atoms with Crippen molar-refractivity contribution in [2.45, 2.75) is 181 Å². The lowest BCUT2D eigenvalue weighted by atomic mass is 9.80. The van der Waals surface area contributed by atoms with E-state index in [0.717, 1.165) is 18.4 Å². The Kier molecular flexibility index (Phi) is 18.5. The van der Waals surface area contributed by atoms with E-state index in [-0.39, 0.29) is 42.0 Å². The Labute approximate surface area is 348 Å². The van der Waals surface area contributed by atoms with Gasteiger partial charge in [-0.25, -0.2) is 9.59 Å². The molecule has 3 rings (SSSR count). The summed E-state index contributed by atoms with van der Waals surface area (Å²) in [6.45, 7) is 23.0. The fourth-order valence-corrected chi connectivity index (χ4v) is 8.10. The molecule has 1 aromatic carbocycles. The van der Waals surface area contributed by atoms with Crippen LogP contribution in [0.5, 0.6) is 0 Å². The van der Waals surface area contributed by atoms with E-state index in [1.807, 2.05) is 91.0 Å². The fraction of sp³-hybridized carbons (Fsp3) is 0.733. The number of carbonyl (C=O) groups is 4. The predicted octanol–water partition coefficient (Wildman–Crippen LogP) is 7.12. The quantitative estimate of drug-likeness (QED) is 0.0724. The van der Waals surface area contributed by atoms with Crippen molar-refractivity contribution in [3.8, 4) is 0 Å². The van der Waals surface area contributed by atoms with Gasteiger partial charge in [0.2, 0.25) is 11.8 Å². The number of unbranched alkanes of at least 4 members (excludes halogenated alkanes) is 1. The van der Waals surface area contributed by atoms with E-state index in [9.17, 15) is 24.4 Å². The summed E-state index contributed by atoms with van der Waals surface area (Å²) in [5.41, 5.74) is -0.661. The predicted molar refractivity (Wildman–Crippen MR) is 228 cm³/mol. The van der Waals surface area contributed by atoms with E-state index < -0.39 is 40.8 Å². The van der Waals surface area contributed by atoms with E-state index in [2.05, 4.69) is 49.0 Å².